The van der Waals surface area contributed by atoms with Gasteiger partial charge in [-0.05, 0) is 32.9 Å². The van der Waals surface area contributed by atoms with Crippen LogP contribution in [0.15, 0.2) is 24.3 Å². The predicted molar refractivity (Wildman–Crippen MR) is 73.7 cm³/mol. The van der Waals surface area contributed by atoms with Crippen molar-refractivity contribution in [3.8, 4) is 0 Å². The van der Waals surface area contributed by atoms with Crippen molar-refractivity contribution in [2.24, 2.45) is 5.84 Å². The Morgan fingerprint density at radius 1 is 1.39 bits per heavy atom. The third kappa shape index (κ3) is 4.85. The summed E-state index contributed by atoms with van der Waals surface area (Å²) >= 11 is 0. The Kier molecular flexibility index (Phi) is 5.82. The molecule has 0 radical (unpaired) electrons. The number of benzene rings is 1. The molecule has 3 N–H and O–H groups in total. The normalized spacial score (nSPS) is 12.5. The quantitative estimate of drug-likeness (QED) is 0.457. The van der Waals surface area contributed by atoms with E-state index < -0.39 is 0 Å². The van der Waals surface area contributed by atoms with Gasteiger partial charge < -0.3 is 0 Å². The highest BCUT2D eigenvalue weighted by Crippen LogP contribution is 2.10. The van der Waals surface area contributed by atoms with Crippen LogP contribution in [0.3, 0.4) is 0 Å². The smallest absolute Gasteiger partial charge is 0.233 e. The summed E-state index contributed by atoms with van der Waals surface area (Å²) in [5, 5.41) is 0. The fourth-order valence-corrected chi connectivity index (χ4v) is 1.77. The Morgan fingerprint density at radius 3 is 2.56 bits per heavy atom. The lowest BCUT2D eigenvalue weighted by molar-refractivity contribution is -0.121. The molecule has 1 amide bonds. The van der Waals surface area contributed by atoms with Gasteiger partial charge in [0.2, 0.25) is 5.91 Å². The van der Waals surface area contributed by atoms with E-state index in [1.54, 1.807) is 0 Å². The summed E-state index contributed by atoms with van der Waals surface area (Å²) in [5.74, 6) is 4.95. The summed E-state index contributed by atoms with van der Waals surface area (Å²) in [5.41, 5.74) is 4.72. The molecule has 4 nitrogen and oxygen atoms in total. The molecule has 0 saturated carbocycles. The van der Waals surface area contributed by atoms with Gasteiger partial charge in [0.15, 0.2) is 0 Å². The van der Waals surface area contributed by atoms with E-state index in [2.05, 4.69) is 55.5 Å². The lowest BCUT2D eigenvalue weighted by atomic mass is 10.1. The zero-order chi connectivity index (χ0) is 13.5. The second-order valence-electron chi connectivity index (χ2n) is 4.86. The summed E-state index contributed by atoms with van der Waals surface area (Å²) in [6, 6.07) is 8.88. The average Bonchev–Trinajstić information content (AvgIpc) is 2.38. The zero-order valence-corrected chi connectivity index (χ0v) is 11.4. The van der Waals surface area contributed by atoms with Crippen LogP contribution in [0.25, 0.3) is 0 Å². The van der Waals surface area contributed by atoms with Crippen molar-refractivity contribution in [1.82, 2.24) is 10.3 Å². The topological polar surface area (TPSA) is 58.4 Å². The molecule has 0 spiro atoms. The average molecular weight is 249 g/mol. The maximum atomic E-state index is 11.1. The van der Waals surface area contributed by atoms with Crippen molar-refractivity contribution in [1.29, 1.82) is 0 Å². The standard InChI is InChI=1S/C14H23N3O/c1-11-4-7-13(8-5-11)10-17(3)12(2)6-9-14(18)16-15/h4-5,7-8,12H,6,9-10,15H2,1-3H3,(H,16,18). The first-order valence-electron chi connectivity index (χ1n) is 6.28. The van der Waals surface area contributed by atoms with Crippen LogP contribution in [0, 0.1) is 6.92 Å². The fraction of sp³-hybridized carbons (Fsp3) is 0.500. The molecule has 1 aromatic rings. The van der Waals surface area contributed by atoms with Crippen molar-refractivity contribution >= 4 is 5.91 Å². The van der Waals surface area contributed by atoms with Crippen molar-refractivity contribution in [3.63, 3.8) is 0 Å². The van der Waals surface area contributed by atoms with E-state index in [-0.39, 0.29) is 5.91 Å². The lowest BCUT2D eigenvalue weighted by Crippen LogP contribution is -2.33. The Bertz CT molecular complexity index is 375. The van der Waals surface area contributed by atoms with Crippen molar-refractivity contribution in [2.75, 3.05) is 7.05 Å². The molecule has 0 aliphatic carbocycles. The van der Waals surface area contributed by atoms with Crippen LogP contribution < -0.4 is 11.3 Å². The number of aryl methyl sites for hydroxylation is 1. The summed E-state index contributed by atoms with van der Waals surface area (Å²) in [6.45, 7) is 5.10. The number of carbonyl (C=O) groups is 1. The molecule has 0 fully saturated rings. The van der Waals surface area contributed by atoms with Gasteiger partial charge in [-0.15, -0.1) is 0 Å². The highest BCUT2D eigenvalue weighted by Gasteiger charge is 2.11. The Hall–Kier alpha value is -1.39. The minimum Gasteiger partial charge on any atom is -0.299 e. The van der Waals surface area contributed by atoms with Gasteiger partial charge in [0.25, 0.3) is 0 Å². The summed E-state index contributed by atoms with van der Waals surface area (Å²) in [4.78, 5) is 13.3. The van der Waals surface area contributed by atoms with Crippen LogP contribution in [0.4, 0.5) is 0 Å². The number of nitrogens with zero attached hydrogens (tertiary/aromatic N) is 1. The first-order chi connectivity index (χ1) is 8.52. The second-order valence-corrected chi connectivity index (χ2v) is 4.86. The number of nitrogens with one attached hydrogen (secondary N) is 1. The minimum absolute atomic E-state index is 0.106. The lowest BCUT2D eigenvalue weighted by Gasteiger charge is -2.24. The van der Waals surface area contributed by atoms with Gasteiger partial charge in [0, 0.05) is 19.0 Å². The third-order valence-corrected chi connectivity index (χ3v) is 3.26. The van der Waals surface area contributed by atoms with Crippen LogP contribution in [-0.2, 0) is 11.3 Å². The number of hydrazine groups is 1. The minimum atomic E-state index is -0.106. The largest absolute Gasteiger partial charge is 0.299 e. The van der Waals surface area contributed by atoms with Gasteiger partial charge >= 0.3 is 0 Å². The van der Waals surface area contributed by atoms with E-state index in [1.165, 1.54) is 11.1 Å². The van der Waals surface area contributed by atoms with Gasteiger partial charge in [-0.3, -0.25) is 15.1 Å². The van der Waals surface area contributed by atoms with Crippen molar-refractivity contribution in [3.05, 3.63) is 35.4 Å². The van der Waals surface area contributed by atoms with E-state index in [4.69, 9.17) is 5.84 Å². The number of rotatable bonds is 6. The molecular formula is C14H23N3O. The van der Waals surface area contributed by atoms with Crippen LogP contribution in [0.5, 0.6) is 0 Å². The Morgan fingerprint density at radius 2 is 2.00 bits per heavy atom. The van der Waals surface area contributed by atoms with E-state index in [0.717, 1.165) is 13.0 Å². The molecule has 1 atom stereocenters. The molecule has 0 aliphatic rings. The van der Waals surface area contributed by atoms with E-state index in [0.29, 0.717) is 12.5 Å². The molecule has 0 aliphatic heterocycles. The van der Waals surface area contributed by atoms with Gasteiger partial charge in [-0.1, -0.05) is 29.8 Å². The van der Waals surface area contributed by atoms with Gasteiger partial charge in [0.1, 0.15) is 0 Å². The van der Waals surface area contributed by atoms with Gasteiger partial charge in [-0.2, -0.15) is 0 Å². The van der Waals surface area contributed by atoms with Gasteiger partial charge in [0.05, 0.1) is 0 Å². The maximum Gasteiger partial charge on any atom is 0.233 e. The van der Waals surface area contributed by atoms with Gasteiger partial charge in [-0.25, -0.2) is 5.84 Å². The predicted octanol–water partition coefficient (Wildman–Crippen LogP) is 1.59. The number of amides is 1. The highest BCUT2D eigenvalue weighted by molar-refractivity contribution is 5.75. The molecule has 0 saturated heterocycles. The SMILES string of the molecule is Cc1ccc(CN(C)C(C)CCC(=O)NN)cc1. The summed E-state index contributed by atoms with van der Waals surface area (Å²) < 4.78 is 0. The molecule has 4 heteroatoms. The summed E-state index contributed by atoms with van der Waals surface area (Å²) in [7, 11) is 2.07. The first kappa shape index (κ1) is 14.7. The maximum absolute atomic E-state index is 11.1. The molecule has 0 aromatic heterocycles. The van der Waals surface area contributed by atoms with E-state index in [1.807, 2.05) is 0 Å². The molecular weight excluding hydrogens is 226 g/mol. The molecule has 18 heavy (non-hydrogen) atoms. The monoisotopic (exact) mass is 249 g/mol. The van der Waals surface area contributed by atoms with E-state index >= 15 is 0 Å². The molecule has 1 unspecified atom stereocenters. The molecule has 100 valence electrons. The van der Waals surface area contributed by atoms with Crippen molar-refractivity contribution < 1.29 is 4.79 Å². The Balaban J connectivity index is 2.41. The first-order valence-corrected chi connectivity index (χ1v) is 6.28. The highest BCUT2D eigenvalue weighted by atomic mass is 16.2. The number of hydrogen-bond acceptors (Lipinski definition) is 3. The van der Waals surface area contributed by atoms with Crippen LogP contribution in [0.2, 0.25) is 0 Å². The number of carbonyl (C=O) groups excluding carboxylic acids is 1. The van der Waals surface area contributed by atoms with Crippen LogP contribution in [-0.4, -0.2) is 23.9 Å². The number of nitrogens with two attached hydrogens (primary N) is 1. The van der Waals surface area contributed by atoms with Crippen molar-refractivity contribution in [2.45, 2.75) is 39.3 Å². The van der Waals surface area contributed by atoms with Crippen LogP contribution >= 0.6 is 0 Å². The molecule has 0 heterocycles. The Labute approximate surface area is 109 Å². The summed E-state index contributed by atoms with van der Waals surface area (Å²) in [6.07, 6.45) is 1.28. The molecule has 1 aromatic carbocycles. The number of hydrogen-bond donors (Lipinski definition) is 2. The zero-order valence-electron chi connectivity index (χ0n) is 11.4. The fourth-order valence-electron chi connectivity index (χ4n) is 1.77. The second kappa shape index (κ2) is 7.13. The van der Waals surface area contributed by atoms with Crippen LogP contribution in [0.1, 0.15) is 30.9 Å². The third-order valence-electron chi connectivity index (χ3n) is 3.26. The molecule has 1 rings (SSSR count). The van der Waals surface area contributed by atoms with E-state index in [9.17, 15) is 4.79 Å². The molecule has 0 bridgehead atoms.